The van der Waals surface area contributed by atoms with Gasteiger partial charge in [-0.1, -0.05) is 30.3 Å². The van der Waals surface area contributed by atoms with Crippen molar-refractivity contribution in [3.05, 3.63) is 35.9 Å². The van der Waals surface area contributed by atoms with Crippen molar-refractivity contribution in [1.82, 2.24) is 10.6 Å². The second-order valence-electron chi connectivity index (χ2n) is 6.32. The average molecular weight is 363 g/mol. The zero-order valence-corrected chi connectivity index (χ0v) is 15.1. The summed E-state index contributed by atoms with van der Waals surface area (Å²) in [5.74, 6) is -1.23. The van der Waals surface area contributed by atoms with Gasteiger partial charge in [-0.3, -0.25) is 14.4 Å². The molecule has 1 aromatic rings. The number of nitrogens with two attached hydrogens (primary N) is 3. The van der Waals surface area contributed by atoms with E-state index >= 15 is 0 Å². The molecule has 0 saturated heterocycles. The molecule has 1 rings (SSSR count). The fraction of sp³-hybridized carbons (Fsp3) is 0.500. The van der Waals surface area contributed by atoms with Gasteiger partial charge in [-0.2, -0.15) is 0 Å². The predicted molar refractivity (Wildman–Crippen MR) is 99.8 cm³/mol. The molecule has 144 valence electrons. The van der Waals surface area contributed by atoms with E-state index in [1.54, 1.807) is 0 Å². The maximum absolute atomic E-state index is 12.0. The molecule has 8 heteroatoms. The lowest BCUT2D eigenvalue weighted by molar-refractivity contribution is -0.127. The van der Waals surface area contributed by atoms with Crippen LogP contribution in [-0.2, 0) is 20.8 Å². The smallest absolute Gasteiger partial charge is 0.239 e. The molecule has 0 heterocycles. The molecular weight excluding hydrogens is 334 g/mol. The van der Waals surface area contributed by atoms with Crippen LogP contribution in [0.15, 0.2) is 30.3 Å². The highest BCUT2D eigenvalue weighted by atomic mass is 16.2. The van der Waals surface area contributed by atoms with Gasteiger partial charge in [0, 0.05) is 6.54 Å². The van der Waals surface area contributed by atoms with E-state index in [-0.39, 0.29) is 5.91 Å². The first kappa shape index (κ1) is 21.6. The van der Waals surface area contributed by atoms with Gasteiger partial charge in [0.25, 0.3) is 0 Å². The number of unbranched alkanes of at least 4 members (excludes halogenated alkanes) is 1. The van der Waals surface area contributed by atoms with Crippen molar-refractivity contribution in [2.24, 2.45) is 17.2 Å². The van der Waals surface area contributed by atoms with Gasteiger partial charge in [0.15, 0.2) is 0 Å². The molecule has 0 aliphatic rings. The van der Waals surface area contributed by atoms with Gasteiger partial charge in [0.2, 0.25) is 17.7 Å². The zero-order valence-electron chi connectivity index (χ0n) is 15.1. The lowest BCUT2D eigenvalue weighted by Gasteiger charge is -2.15. The lowest BCUT2D eigenvalue weighted by atomic mass is 10.1. The molecule has 3 amide bonds. The Bertz CT molecular complexity index is 594. The maximum atomic E-state index is 12.0. The maximum Gasteiger partial charge on any atom is 0.239 e. The van der Waals surface area contributed by atoms with Crippen LogP contribution in [0.2, 0.25) is 0 Å². The molecular formula is C18H29N5O3. The van der Waals surface area contributed by atoms with E-state index in [1.807, 2.05) is 30.3 Å². The summed E-state index contributed by atoms with van der Waals surface area (Å²) in [5, 5.41) is 5.24. The summed E-state index contributed by atoms with van der Waals surface area (Å²) in [5.41, 5.74) is 17.8. The van der Waals surface area contributed by atoms with Gasteiger partial charge in [0.1, 0.15) is 6.04 Å². The predicted octanol–water partition coefficient (Wildman–Crippen LogP) is -0.840. The Balaban J connectivity index is 2.18. The molecule has 0 saturated carbocycles. The number of benzene rings is 1. The van der Waals surface area contributed by atoms with E-state index < -0.39 is 29.9 Å². The highest BCUT2D eigenvalue weighted by molar-refractivity contribution is 5.88. The van der Waals surface area contributed by atoms with Crippen LogP contribution in [0.3, 0.4) is 0 Å². The van der Waals surface area contributed by atoms with Crippen LogP contribution in [0, 0.1) is 0 Å². The van der Waals surface area contributed by atoms with E-state index in [4.69, 9.17) is 17.2 Å². The van der Waals surface area contributed by atoms with E-state index in [9.17, 15) is 14.4 Å². The summed E-state index contributed by atoms with van der Waals surface area (Å²) in [6.45, 7) is 1.97. The van der Waals surface area contributed by atoms with Crippen molar-refractivity contribution in [3.63, 3.8) is 0 Å². The summed E-state index contributed by atoms with van der Waals surface area (Å²) in [6, 6.07) is 7.52. The summed E-state index contributed by atoms with van der Waals surface area (Å²) >= 11 is 0. The van der Waals surface area contributed by atoms with Crippen molar-refractivity contribution in [2.75, 3.05) is 6.54 Å². The van der Waals surface area contributed by atoms with Gasteiger partial charge in [-0.05, 0) is 38.2 Å². The van der Waals surface area contributed by atoms with Crippen molar-refractivity contribution in [3.8, 4) is 0 Å². The quantitative estimate of drug-likeness (QED) is 0.324. The molecule has 3 atom stereocenters. The Hall–Kier alpha value is -2.45. The SMILES string of the molecule is C[C@H](NC(=O)[C@@H](N)CCCCNC(=O)[C@@H](N)Cc1ccccc1)C(N)=O. The van der Waals surface area contributed by atoms with Crippen molar-refractivity contribution in [1.29, 1.82) is 0 Å². The third-order valence-corrected chi connectivity index (χ3v) is 4.00. The first-order chi connectivity index (χ1) is 12.3. The van der Waals surface area contributed by atoms with Gasteiger partial charge in [-0.15, -0.1) is 0 Å². The number of amides is 3. The number of nitrogens with one attached hydrogen (secondary N) is 2. The number of carbonyl (C=O) groups is 3. The van der Waals surface area contributed by atoms with Gasteiger partial charge >= 0.3 is 0 Å². The third kappa shape index (κ3) is 8.09. The van der Waals surface area contributed by atoms with Crippen LogP contribution < -0.4 is 27.8 Å². The number of rotatable bonds is 11. The molecule has 26 heavy (non-hydrogen) atoms. The first-order valence-electron chi connectivity index (χ1n) is 8.73. The summed E-state index contributed by atoms with van der Waals surface area (Å²) in [7, 11) is 0. The third-order valence-electron chi connectivity index (χ3n) is 4.00. The highest BCUT2D eigenvalue weighted by Crippen LogP contribution is 2.02. The van der Waals surface area contributed by atoms with Crippen LogP contribution in [0.25, 0.3) is 0 Å². The molecule has 0 radical (unpaired) electrons. The normalized spacial score (nSPS) is 14.1. The largest absolute Gasteiger partial charge is 0.368 e. The molecule has 0 aliphatic carbocycles. The second kappa shape index (κ2) is 11.2. The molecule has 8 nitrogen and oxygen atoms in total. The summed E-state index contributed by atoms with van der Waals surface area (Å²) < 4.78 is 0. The van der Waals surface area contributed by atoms with Gasteiger partial charge < -0.3 is 27.8 Å². The number of hydrogen-bond acceptors (Lipinski definition) is 5. The van der Waals surface area contributed by atoms with Crippen LogP contribution in [0.1, 0.15) is 31.7 Å². The average Bonchev–Trinajstić information content (AvgIpc) is 2.61. The van der Waals surface area contributed by atoms with Crippen LogP contribution in [0.5, 0.6) is 0 Å². The Morgan fingerprint density at radius 1 is 1.00 bits per heavy atom. The van der Waals surface area contributed by atoms with Gasteiger partial charge in [0.05, 0.1) is 12.1 Å². The Morgan fingerprint density at radius 2 is 1.65 bits per heavy atom. The zero-order chi connectivity index (χ0) is 19.5. The van der Waals surface area contributed by atoms with Crippen molar-refractivity contribution >= 4 is 17.7 Å². The highest BCUT2D eigenvalue weighted by Gasteiger charge is 2.18. The lowest BCUT2D eigenvalue weighted by Crippen LogP contribution is -2.49. The number of hydrogen-bond donors (Lipinski definition) is 5. The van der Waals surface area contributed by atoms with Crippen LogP contribution in [0.4, 0.5) is 0 Å². The van der Waals surface area contributed by atoms with Crippen LogP contribution in [-0.4, -0.2) is 42.4 Å². The first-order valence-corrected chi connectivity index (χ1v) is 8.73. The molecule has 0 bridgehead atoms. The Kier molecular flexibility index (Phi) is 9.32. The van der Waals surface area contributed by atoms with E-state index in [0.717, 1.165) is 5.56 Å². The minimum absolute atomic E-state index is 0.203. The van der Waals surface area contributed by atoms with E-state index in [1.165, 1.54) is 6.92 Å². The summed E-state index contributed by atoms with van der Waals surface area (Å²) in [6.07, 6.45) is 2.27. The topological polar surface area (TPSA) is 153 Å². The fourth-order valence-electron chi connectivity index (χ4n) is 2.32. The Labute approximate surface area is 153 Å². The molecule has 0 aromatic heterocycles. The van der Waals surface area contributed by atoms with Crippen LogP contribution >= 0.6 is 0 Å². The summed E-state index contributed by atoms with van der Waals surface area (Å²) in [4.78, 5) is 34.6. The molecule has 0 unspecified atom stereocenters. The van der Waals surface area contributed by atoms with E-state index in [0.29, 0.717) is 32.2 Å². The Morgan fingerprint density at radius 3 is 2.27 bits per heavy atom. The number of primary amides is 1. The standard InChI is InChI=1S/C18H29N5O3/c1-12(16(21)24)23-18(26)14(19)9-5-6-10-22-17(25)15(20)11-13-7-3-2-4-8-13/h2-4,7-8,12,14-15H,5-6,9-11,19-20H2,1H3,(H2,21,24)(H,22,25)(H,23,26)/t12-,14-,15-/m0/s1. The molecule has 0 aliphatic heterocycles. The van der Waals surface area contributed by atoms with Crippen molar-refractivity contribution < 1.29 is 14.4 Å². The minimum atomic E-state index is -0.751. The molecule has 0 fully saturated rings. The number of carbonyl (C=O) groups excluding carboxylic acids is 3. The van der Waals surface area contributed by atoms with E-state index in [2.05, 4.69) is 10.6 Å². The monoisotopic (exact) mass is 363 g/mol. The van der Waals surface area contributed by atoms with Gasteiger partial charge in [-0.25, -0.2) is 0 Å². The minimum Gasteiger partial charge on any atom is -0.368 e. The molecule has 8 N–H and O–H groups in total. The second-order valence-corrected chi connectivity index (χ2v) is 6.32. The fourth-order valence-corrected chi connectivity index (χ4v) is 2.32. The molecule has 0 spiro atoms. The van der Waals surface area contributed by atoms with Crippen molar-refractivity contribution in [2.45, 2.75) is 50.7 Å². The molecule has 1 aromatic carbocycles.